The van der Waals surface area contributed by atoms with Crippen LogP contribution in [0.15, 0.2) is 24.3 Å². The molecule has 0 saturated carbocycles. The second kappa shape index (κ2) is 4.29. The van der Waals surface area contributed by atoms with Crippen LogP contribution in [0.4, 0.5) is 0 Å². The second-order valence-corrected chi connectivity index (χ2v) is 4.60. The van der Waals surface area contributed by atoms with Crippen molar-refractivity contribution in [3.8, 4) is 18.0 Å². The van der Waals surface area contributed by atoms with E-state index < -0.39 is 5.91 Å². The van der Waals surface area contributed by atoms with E-state index >= 15 is 0 Å². The van der Waals surface area contributed by atoms with Gasteiger partial charge in [-0.05, 0) is 37.5 Å². The van der Waals surface area contributed by atoms with Crippen molar-refractivity contribution in [2.75, 3.05) is 0 Å². The highest BCUT2D eigenvalue weighted by Gasteiger charge is 2.25. The fourth-order valence-corrected chi connectivity index (χ4v) is 2.58. The molecule has 1 aromatic heterocycles. The van der Waals surface area contributed by atoms with E-state index in [4.69, 9.17) is 12.2 Å². The Labute approximate surface area is 111 Å². The van der Waals surface area contributed by atoms with Crippen molar-refractivity contribution in [3.05, 3.63) is 46.8 Å². The summed E-state index contributed by atoms with van der Waals surface area (Å²) in [5.74, 6) is 2.13. The van der Waals surface area contributed by atoms with Crippen LogP contribution in [0.3, 0.4) is 0 Å². The molecule has 0 saturated heterocycles. The van der Waals surface area contributed by atoms with Crippen LogP contribution in [0.1, 0.15) is 33.7 Å². The van der Waals surface area contributed by atoms with Crippen molar-refractivity contribution in [2.45, 2.75) is 19.3 Å². The molecule has 2 N–H and O–H groups in total. The third-order valence-corrected chi connectivity index (χ3v) is 3.42. The number of carbonyl (C=O) groups excluding carboxylic acids is 1. The number of nitrogens with two attached hydrogens (primary N) is 1. The zero-order valence-corrected chi connectivity index (χ0v) is 10.4. The summed E-state index contributed by atoms with van der Waals surface area (Å²) in [7, 11) is 0. The average Bonchev–Trinajstić information content (AvgIpc) is 2.99. The number of aromatic nitrogens is 2. The van der Waals surface area contributed by atoms with Gasteiger partial charge in [-0.1, -0.05) is 12.0 Å². The second-order valence-electron chi connectivity index (χ2n) is 4.60. The average molecular weight is 251 g/mol. The Morgan fingerprint density at radius 1 is 1.42 bits per heavy atom. The van der Waals surface area contributed by atoms with Gasteiger partial charge < -0.3 is 5.73 Å². The fourth-order valence-electron chi connectivity index (χ4n) is 2.58. The van der Waals surface area contributed by atoms with Crippen LogP contribution in [-0.2, 0) is 12.8 Å². The molecule has 4 heteroatoms. The highest BCUT2D eigenvalue weighted by Crippen LogP contribution is 2.27. The predicted octanol–water partition coefficient (Wildman–Crippen LogP) is 1.44. The zero-order chi connectivity index (χ0) is 13.4. The summed E-state index contributed by atoms with van der Waals surface area (Å²) >= 11 is 0. The van der Waals surface area contributed by atoms with Crippen LogP contribution in [0.2, 0.25) is 0 Å². The number of fused-ring (bicyclic) bond motifs is 1. The van der Waals surface area contributed by atoms with Crippen molar-refractivity contribution >= 4 is 5.91 Å². The van der Waals surface area contributed by atoms with Crippen LogP contribution in [0.5, 0.6) is 0 Å². The van der Waals surface area contributed by atoms with Crippen molar-refractivity contribution < 1.29 is 4.79 Å². The smallest absolute Gasteiger partial charge is 0.269 e. The number of amides is 1. The predicted molar refractivity (Wildman–Crippen MR) is 72.0 cm³/mol. The van der Waals surface area contributed by atoms with E-state index in [1.165, 1.54) is 0 Å². The quantitative estimate of drug-likeness (QED) is 0.821. The Hall–Kier alpha value is -2.54. The number of primary amides is 1. The highest BCUT2D eigenvalue weighted by atomic mass is 16.1. The maximum Gasteiger partial charge on any atom is 0.269 e. The number of benzene rings is 1. The molecule has 0 spiro atoms. The molecule has 0 unspecified atom stereocenters. The van der Waals surface area contributed by atoms with Crippen LogP contribution >= 0.6 is 0 Å². The summed E-state index contributed by atoms with van der Waals surface area (Å²) in [4.78, 5) is 11.4. The number of terminal acetylenes is 1. The van der Waals surface area contributed by atoms with Gasteiger partial charge in [0.05, 0.1) is 5.69 Å². The molecular weight excluding hydrogens is 238 g/mol. The Morgan fingerprint density at radius 2 is 2.26 bits per heavy atom. The molecule has 0 radical (unpaired) electrons. The Balaban J connectivity index is 2.18. The number of rotatable bonds is 2. The van der Waals surface area contributed by atoms with Gasteiger partial charge in [0, 0.05) is 16.8 Å². The summed E-state index contributed by atoms with van der Waals surface area (Å²) in [6.07, 6.45) is 8.22. The zero-order valence-electron chi connectivity index (χ0n) is 10.4. The van der Waals surface area contributed by atoms with Gasteiger partial charge in [0.15, 0.2) is 5.69 Å². The first kappa shape index (κ1) is 11.5. The monoisotopic (exact) mass is 251 g/mol. The third-order valence-electron chi connectivity index (χ3n) is 3.42. The number of carbonyl (C=O) groups is 1. The van der Waals surface area contributed by atoms with Gasteiger partial charge >= 0.3 is 0 Å². The minimum atomic E-state index is -0.468. The molecule has 0 aliphatic heterocycles. The standard InChI is InChI=1S/C15H13N3O/c1-2-10-5-3-6-11(9-10)18-13-8-4-7-12(13)14(17-18)15(16)19/h1,3,5-6,9H,4,7-8H2,(H2,16,19). The van der Waals surface area contributed by atoms with E-state index in [2.05, 4.69) is 11.0 Å². The van der Waals surface area contributed by atoms with Crippen LogP contribution in [0, 0.1) is 12.3 Å². The molecular formula is C15H13N3O. The molecule has 0 fully saturated rings. The van der Waals surface area contributed by atoms with Gasteiger partial charge in [0.1, 0.15) is 0 Å². The molecule has 2 aromatic rings. The summed E-state index contributed by atoms with van der Waals surface area (Å²) in [6.45, 7) is 0. The minimum absolute atomic E-state index is 0.388. The van der Waals surface area contributed by atoms with E-state index in [9.17, 15) is 4.79 Å². The molecule has 1 amide bonds. The van der Waals surface area contributed by atoms with Crippen LogP contribution < -0.4 is 5.73 Å². The molecule has 1 aliphatic rings. The highest BCUT2D eigenvalue weighted by molar-refractivity contribution is 5.92. The first-order chi connectivity index (χ1) is 9.20. The first-order valence-corrected chi connectivity index (χ1v) is 6.18. The lowest BCUT2D eigenvalue weighted by Crippen LogP contribution is -2.14. The van der Waals surface area contributed by atoms with Gasteiger partial charge in [-0.15, -0.1) is 6.42 Å². The van der Waals surface area contributed by atoms with E-state index in [-0.39, 0.29) is 0 Å². The molecule has 1 aromatic carbocycles. The van der Waals surface area contributed by atoms with E-state index in [0.717, 1.165) is 41.8 Å². The summed E-state index contributed by atoms with van der Waals surface area (Å²) in [5.41, 5.74) is 9.50. The summed E-state index contributed by atoms with van der Waals surface area (Å²) in [5, 5.41) is 4.35. The van der Waals surface area contributed by atoms with Crippen molar-refractivity contribution in [1.82, 2.24) is 9.78 Å². The number of nitrogens with zero attached hydrogens (tertiary/aromatic N) is 2. The maximum absolute atomic E-state index is 11.4. The first-order valence-electron chi connectivity index (χ1n) is 6.18. The molecule has 0 atom stereocenters. The molecule has 1 aliphatic carbocycles. The van der Waals surface area contributed by atoms with Crippen molar-refractivity contribution in [3.63, 3.8) is 0 Å². The lowest BCUT2D eigenvalue weighted by atomic mass is 10.2. The number of hydrogen-bond acceptors (Lipinski definition) is 2. The lowest BCUT2D eigenvalue weighted by Gasteiger charge is -2.05. The SMILES string of the molecule is C#Cc1cccc(-n2nc(C(N)=O)c3c2CCC3)c1. The summed E-state index contributed by atoms with van der Waals surface area (Å²) < 4.78 is 1.79. The molecule has 4 nitrogen and oxygen atoms in total. The molecule has 0 bridgehead atoms. The molecule has 1 heterocycles. The van der Waals surface area contributed by atoms with Crippen LogP contribution in [0.25, 0.3) is 5.69 Å². The number of hydrogen-bond donors (Lipinski definition) is 1. The van der Waals surface area contributed by atoms with Gasteiger partial charge in [0.2, 0.25) is 0 Å². The maximum atomic E-state index is 11.4. The fraction of sp³-hybridized carbons (Fsp3) is 0.200. The molecule has 3 rings (SSSR count). The van der Waals surface area contributed by atoms with Crippen molar-refractivity contribution in [1.29, 1.82) is 0 Å². The third kappa shape index (κ3) is 1.80. The minimum Gasteiger partial charge on any atom is -0.364 e. The summed E-state index contributed by atoms with van der Waals surface area (Å²) in [6, 6.07) is 7.56. The topological polar surface area (TPSA) is 60.9 Å². The van der Waals surface area contributed by atoms with E-state index in [1.54, 1.807) is 4.68 Å². The van der Waals surface area contributed by atoms with Crippen LogP contribution in [-0.4, -0.2) is 15.7 Å². The van der Waals surface area contributed by atoms with E-state index in [0.29, 0.717) is 5.69 Å². The van der Waals surface area contributed by atoms with Gasteiger partial charge in [-0.2, -0.15) is 5.10 Å². The van der Waals surface area contributed by atoms with E-state index in [1.807, 2.05) is 24.3 Å². The Kier molecular flexibility index (Phi) is 2.60. The molecule has 19 heavy (non-hydrogen) atoms. The van der Waals surface area contributed by atoms with Gasteiger partial charge in [-0.25, -0.2) is 4.68 Å². The van der Waals surface area contributed by atoms with Gasteiger partial charge in [-0.3, -0.25) is 4.79 Å². The van der Waals surface area contributed by atoms with Gasteiger partial charge in [0.25, 0.3) is 5.91 Å². The lowest BCUT2D eigenvalue weighted by molar-refractivity contribution is 0.0994. The Bertz CT molecular complexity index is 707. The largest absolute Gasteiger partial charge is 0.364 e. The van der Waals surface area contributed by atoms with Crippen molar-refractivity contribution in [2.24, 2.45) is 5.73 Å². The molecule has 94 valence electrons. The normalized spacial score (nSPS) is 13.0. The Morgan fingerprint density at radius 3 is 3.00 bits per heavy atom.